The van der Waals surface area contributed by atoms with Crippen molar-refractivity contribution in [1.82, 2.24) is 4.98 Å². The van der Waals surface area contributed by atoms with Crippen LogP contribution in [0.25, 0.3) is 32.1 Å². The predicted octanol–water partition coefficient (Wildman–Crippen LogP) is 7.81. The Labute approximate surface area is 190 Å². The van der Waals surface area contributed by atoms with Crippen LogP contribution in [0.3, 0.4) is 0 Å². The molecule has 2 aliphatic heterocycles. The second-order valence-corrected chi connectivity index (χ2v) is 16.7. The van der Waals surface area contributed by atoms with E-state index < -0.39 is 8.07 Å². The molecule has 0 N–H and O–H groups in total. The van der Waals surface area contributed by atoms with Gasteiger partial charge in [-0.25, -0.2) is 0 Å². The van der Waals surface area contributed by atoms with Gasteiger partial charge in [0, 0.05) is 11.8 Å². The van der Waals surface area contributed by atoms with E-state index in [2.05, 4.69) is 80.8 Å². The molecule has 6 rings (SSSR count). The van der Waals surface area contributed by atoms with Crippen LogP contribution in [0, 0.1) is 0 Å². The number of aryl methyl sites for hydroxylation is 1. The molecule has 0 atom stereocenters. The smallest absolute Gasteiger partial charge is 0.0999 e. The van der Waals surface area contributed by atoms with Crippen molar-refractivity contribution in [1.29, 1.82) is 0 Å². The normalized spacial score (nSPS) is 18.2. The van der Waals surface area contributed by atoms with Gasteiger partial charge in [-0.3, -0.25) is 4.98 Å². The SMILES string of the molecule is CC(C)(C)c1cc(-c2nccc3c4c(sc23)[Si]2(CCCC2)CCC4)cc2ccccc12. The molecular formula is C28H31NSSi. The average Bonchev–Trinajstić information content (AvgIpc) is 3.38. The number of fused-ring (bicyclic) bond motifs is 5. The molecule has 2 aromatic carbocycles. The Morgan fingerprint density at radius 2 is 1.68 bits per heavy atom. The number of thiophene rings is 1. The van der Waals surface area contributed by atoms with Gasteiger partial charge in [-0.1, -0.05) is 82.4 Å². The molecule has 0 radical (unpaired) electrons. The van der Waals surface area contributed by atoms with E-state index in [1.807, 2.05) is 4.50 Å². The van der Waals surface area contributed by atoms with Crippen LogP contribution in [0.5, 0.6) is 0 Å². The van der Waals surface area contributed by atoms with Gasteiger partial charge in [-0.2, -0.15) is 0 Å². The lowest BCUT2D eigenvalue weighted by Gasteiger charge is -2.31. The van der Waals surface area contributed by atoms with Crippen molar-refractivity contribution in [2.45, 2.75) is 70.0 Å². The molecule has 1 nitrogen and oxygen atoms in total. The van der Waals surface area contributed by atoms with Gasteiger partial charge >= 0.3 is 0 Å². The quantitative estimate of drug-likeness (QED) is 0.274. The fraction of sp³-hybridized carbons (Fsp3) is 0.393. The standard InChI is InChI=1S/C28H31NSSi/c1-28(2,3)24-18-20(17-19-9-4-5-10-21(19)24)25-26-22(12-13-29-25)23-11-8-16-31(27(23)30-26)14-6-7-15-31/h4-5,9-10,12-13,17-18H,6-8,11,14-16H2,1-3H3. The summed E-state index contributed by atoms with van der Waals surface area (Å²) in [6.45, 7) is 6.98. The van der Waals surface area contributed by atoms with Gasteiger partial charge in [-0.15, -0.1) is 11.3 Å². The molecule has 0 saturated carbocycles. The predicted molar refractivity (Wildman–Crippen MR) is 139 cm³/mol. The third-order valence-electron chi connectivity index (χ3n) is 7.78. The van der Waals surface area contributed by atoms with E-state index in [9.17, 15) is 0 Å². The Kier molecular flexibility index (Phi) is 4.46. The first kappa shape index (κ1) is 19.7. The lowest BCUT2D eigenvalue weighted by atomic mass is 9.82. The summed E-state index contributed by atoms with van der Waals surface area (Å²) in [5, 5.41) is 4.20. The lowest BCUT2D eigenvalue weighted by molar-refractivity contribution is 0.596. The second kappa shape index (κ2) is 7.01. The number of hydrogen-bond acceptors (Lipinski definition) is 2. The van der Waals surface area contributed by atoms with Crippen molar-refractivity contribution in [2.24, 2.45) is 0 Å². The summed E-state index contributed by atoms with van der Waals surface area (Å²) in [4.78, 5) is 4.99. The summed E-state index contributed by atoms with van der Waals surface area (Å²) in [6.07, 6.45) is 7.68. The van der Waals surface area contributed by atoms with Crippen LogP contribution >= 0.6 is 11.3 Å². The van der Waals surface area contributed by atoms with E-state index >= 15 is 0 Å². The van der Waals surface area contributed by atoms with Crippen molar-refractivity contribution in [3.05, 3.63) is 59.8 Å². The molecule has 4 aromatic rings. The number of pyridine rings is 1. The van der Waals surface area contributed by atoms with E-state index in [1.165, 1.54) is 81.5 Å². The fourth-order valence-corrected chi connectivity index (χ4v) is 14.5. The maximum Gasteiger partial charge on any atom is 0.0999 e. The highest BCUT2D eigenvalue weighted by molar-refractivity contribution is 7.32. The van der Waals surface area contributed by atoms with Crippen LogP contribution < -0.4 is 4.50 Å². The van der Waals surface area contributed by atoms with Gasteiger partial charge in [0.15, 0.2) is 0 Å². The van der Waals surface area contributed by atoms with Gasteiger partial charge < -0.3 is 0 Å². The monoisotopic (exact) mass is 441 g/mol. The minimum atomic E-state index is -1.24. The first-order valence-corrected chi connectivity index (χ1v) is 15.3. The Balaban J connectivity index is 1.61. The zero-order valence-corrected chi connectivity index (χ0v) is 20.7. The molecule has 0 bridgehead atoms. The van der Waals surface area contributed by atoms with Crippen molar-refractivity contribution in [3.8, 4) is 11.3 Å². The van der Waals surface area contributed by atoms with Crippen molar-refractivity contribution in [2.75, 3.05) is 0 Å². The molecule has 158 valence electrons. The van der Waals surface area contributed by atoms with Crippen molar-refractivity contribution < 1.29 is 0 Å². The number of nitrogens with zero attached hydrogens (tertiary/aromatic N) is 1. The zero-order valence-electron chi connectivity index (χ0n) is 18.9. The van der Waals surface area contributed by atoms with E-state index in [0.29, 0.717) is 0 Å². The van der Waals surface area contributed by atoms with Crippen molar-refractivity contribution in [3.63, 3.8) is 0 Å². The molecule has 3 heteroatoms. The number of hydrogen-bond donors (Lipinski definition) is 0. The van der Waals surface area contributed by atoms with Gasteiger partial charge in [0.05, 0.1) is 18.5 Å². The summed E-state index contributed by atoms with van der Waals surface area (Å²) in [6, 6.07) is 20.5. The molecule has 1 fully saturated rings. The fourth-order valence-electron chi connectivity index (χ4n) is 6.27. The topological polar surface area (TPSA) is 12.9 Å². The molecule has 4 heterocycles. The van der Waals surface area contributed by atoms with Crippen LogP contribution in [0.2, 0.25) is 18.1 Å². The Morgan fingerprint density at radius 3 is 2.48 bits per heavy atom. The third-order valence-corrected chi connectivity index (χ3v) is 15.6. The van der Waals surface area contributed by atoms with Crippen LogP contribution in [-0.4, -0.2) is 13.1 Å². The Hall–Kier alpha value is -1.97. The van der Waals surface area contributed by atoms with E-state index in [1.54, 1.807) is 5.56 Å². The highest BCUT2D eigenvalue weighted by atomic mass is 32.1. The zero-order chi connectivity index (χ0) is 21.2. The molecule has 0 unspecified atom stereocenters. The number of aromatic nitrogens is 1. The number of benzene rings is 2. The molecule has 1 saturated heterocycles. The largest absolute Gasteiger partial charge is 0.255 e. The van der Waals surface area contributed by atoms with Gasteiger partial charge in [-0.05, 0) is 61.8 Å². The van der Waals surface area contributed by atoms with Crippen molar-refractivity contribution >= 4 is 44.8 Å². The molecule has 2 aliphatic rings. The molecule has 1 spiro atoms. The first-order chi connectivity index (χ1) is 15.0. The highest BCUT2D eigenvalue weighted by Crippen LogP contribution is 2.44. The minimum Gasteiger partial charge on any atom is -0.255 e. The van der Waals surface area contributed by atoms with Gasteiger partial charge in [0.1, 0.15) is 0 Å². The summed E-state index contributed by atoms with van der Waals surface area (Å²) in [5.41, 5.74) is 5.71. The van der Waals surface area contributed by atoms with E-state index in [4.69, 9.17) is 4.98 Å². The van der Waals surface area contributed by atoms with Gasteiger partial charge in [0.25, 0.3) is 0 Å². The lowest BCUT2D eigenvalue weighted by Crippen LogP contribution is -2.47. The molecule has 0 amide bonds. The Bertz CT molecular complexity index is 1300. The number of rotatable bonds is 1. The van der Waals surface area contributed by atoms with Gasteiger partial charge in [0.2, 0.25) is 0 Å². The Morgan fingerprint density at radius 1 is 0.903 bits per heavy atom. The first-order valence-electron chi connectivity index (χ1n) is 11.9. The molecule has 31 heavy (non-hydrogen) atoms. The maximum absolute atomic E-state index is 4.99. The molecular weight excluding hydrogens is 410 g/mol. The summed E-state index contributed by atoms with van der Waals surface area (Å²) < 4.78 is 3.29. The highest BCUT2D eigenvalue weighted by Gasteiger charge is 2.43. The second-order valence-electron chi connectivity index (χ2n) is 10.8. The third kappa shape index (κ3) is 3.04. The van der Waals surface area contributed by atoms with Crippen LogP contribution in [-0.2, 0) is 11.8 Å². The minimum absolute atomic E-state index is 0.0962. The molecule has 2 aromatic heterocycles. The average molecular weight is 442 g/mol. The summed E-state index contributed by atoms with van der Waals surface area (Å²) in [5.74, 6) is 0. The van der Waals surface area contributed by atoms with E-state index in [-0.39, 0.29) is 5.41 Å². The maximum atomic E-state index is 4.99. The van der Waals surface area contributed by atoms with Crippen LogP contribution in [0.15, 0.2) is 48.7 Å². The summed E-state index contributed by atoms with van der Waals surface area (Å²) >= 11 is 2.14. The summed E-state index contributed by atoms with van der Waals surface area (Å²) in [7, 11) is -1.24. The van der Waals surface area contributed by atoms with E-state index in [0.717, 1.165) is 0 Å². The molecule has 0 aliphatic carbocycles. The van der Waals surface area contributed by atoms with Crippen LogP contribution in [0.4, 0.5) is 0 Å². The van der Waals surface area contributed by atoms with Crippen LogP contribution in [0.1, 0.15) is 51.2 Å².